The fraction of sp³-hybridized carbons (Fsp3) is 0.600. The standard InChI is InChI=1S/C20H32N4O4S/c1-5-21-18(22-12-14-29(26,27)17-9-7-6-8-10-17)24-13-11-16(15-24)23-19(25)28-20(2,3)4/h6-10,16H,5,11-15H2,1-4H3,(H,21,22)(H,23,25). The molecule has 1 saturated heterocycles. The van der Waals surface area contributed by atoms with E-state index in [1.165, 1.54) is 0 Å². The zero-order chi connectivity index (χ0) is 21.5. The first-order valence-corrected chi connectivity index (χ1v) is 11.6. The van der Waals surface area contributed by atoms with E-state index < -0.39 is 21.5 Å². The van der Waals surface area contributed by atoms with Crippen LogP contribution in [0.3, 0.4) is 0 Å². The molecule has 1 fully saturated rings. The van der Waals surface area contributed by atoms with Gasteiger partial charge in [-0.15, -0.1) is 0 Å². The molecule has 1 heterocycles. The third-order valence-electron chi connectivity index (χ3n) is 4.27. The molecule has 1 aromatic rings. The minimum absolute atomic E-state index is 0.0400. The second kappa shape index (κ2) is 9.96. The highest BCUT2D eigenvalue weighted by Gasteiger charge is 2.28. The van der Waals surface area contributed by atoms with Gasteiger partial charge >= 0.3 is 6.09 Å². The van der Waals surface area contributed by atoms with Crippen molar-refractivity contribution in [1.82, 2.24) is 15.5 Å². The van der Waals surface area contributed by atoms with Crippen molar-refractivity contribution in [3.8, 4) is 0 Å². The minimum Gasteiger partial charge on any atom is -0.444 e. The molecule has 0 bridgehead atoms. The van der Waals surface area contributed by atoms with Crippen LogP contribution in [0, 0.1) is 0 Å². The highest BCUT2D eigenvalue weighted by atomic mass is 32.2. The van der Waals surface area contributed by atoms with Gasteiger partial charge in [-0.3, -0.25) is 4.99 Å². The summed E-state index contributed by atoms with van der Waals surface area (Å²) in [5.41, 5.74) is -0.539. The molecule has 0 saturated carbocycles. The van der Waals surface area contributed by atoms with Gasteiger partial charge in [-0.2, -0.15) is 0 Å². The third kappa shape index (κ3) is 7.56. The van der Waals surface area contributed by atoms with Crippen LogP contribution in [0.15, 0.2) is 40.2 Å². The summed E-state index contributed by atoms with van der Waals surface area (Å²) < 4.78 is 30.1. The maximum atomic E-state index is 12.4. The quantitative estimate of drug-likeness (QED) is 0.535. The number of hydrogen-bond donors (Lipinski definition) is 2. The maximum Gasteiger partial charge on any atom is 0.407 e. The van der Waals surface area contributed by atoms with Crippen molar-refractivity contribution >= 4 is 21.9 Å². The van der Waals surface area contributed by atoms with Crippen molar-refractivity contribution in [3.63, 3.8) is 0 Å². The Hall–Kier alpha value is -2.29. The Morgan fingerprint density at radius 1 is 1.28 bits per heavy atom. The van der Waals surface area contributed by atoms with Gasteiger partial charge in [-0.1, -0.05) is 18.2 Å². The number of nitrogens with zero attached hydrogens (tertiary/aromatic N) is 2. The highest BCUT2D eigenvalue weighted by Crippen LogP contribution is 2.13. The lowest BCUT2D eigenvalue weighted by atomic mass is 10.2. The predicted octanol–water partition coefficient (Wildman–Crippen LogP) is 2.02. The molecule has 2 N–H and O–H groups in total. The third-order valence-corrected chi connectivity index (χ3v) is 5.98. The lowest BCUT2D eigenvalue weighted by Gasteiger charge is -2.23. The van der Waals surface area contributed by atoms with Crippen LogP contribution in [0.5, 0.6) is 0 Å². The summed E-state index contributed by atoms with van der Waals surface area (Å²) >= 11 is 0. The Bertz CT molecular complexity index is 804. The first-order chi connectivity index (χ1) is 13.6. The van der Waals surface area contributed by atoms with Crippen molar-refractivity contribution in [2.75, 3.05) is 31.9 Å². The minimum atomic E-state index is -3.37. The Morgan fingerprint density at radius 2 is 1.97 bits per heavy atom. The summed E-state index contributed by atoms with van der Waals surface area (Å²) in [7, 11) is -3.37. The SMILES string of the molecule is CCNC(=NCCS(=O)(=O)c1ccccc1)N1CCC(NC(=O)OC(C)(C)C)C1. The molecule has 0 spiro atoms. The smallest absolute Gasteiger partial charge is 0.407 e. The van der Waals surface area contributed by atoms with Crippen LogP contribution in [-0.2, 0) is 14.6 Å². The average molecular weight is 425 g/mol. The van der Waals surface area contributed by atoms with E-state index in [9.17, 15) is 13.2 Å². The monoisotopic (exact) mass is 424 g/mol. The van der Waals surface area contributed by atoms with Gasteiger partial charge in [-0.25, -0.2) is 13.2 Å². The summed E-state index contributed by atoms with van der Waals surface area (Å²) in [5, 5.41) is 6.08. The number of hydrogen-bond acceptors (Lipinski definition) is 5. The van der Waals surface area contributed by atoms with E-state index in [0.29, 0.717) is 23.9 Å². The maximum absolute atomic E-state index is 12.4. The zero-order valence-corrected chi connectivity index (χ0v) is 18.5. The lowest BCUT2D eigenvalue weighted by molar-refractivity contribution is 0.0507. The second-order valence-electron chi connectivity index (χ2n) is 7.95. The molecule has 1 aliphatic rings. The Morgan fingerprint density at radius 3 is 2.59 bits per heavy atom. The van der Waals surface area contributed by atoms with Gasteiger partial charge in [0.2, 0.25) is 0 Å². The molecule has 1 atom stereocenters. The Labute approximate surface area is 173 Å². The molecule has 2 rings (SSSR count). The molecule has 1 aliphatic heterocycles. The lowest BCUT2D eigenvalue weighted by Crippen LogP contribution is -2.44. The van der Waals surface area contributed by atoms with Gasteiger partial charge in [0, 0.05) is 19.6 Å². The van der Waals surface area contributed by atoms with E-state index in [0.717, 1.165) is 13.0 Å². The molecule has 0 aromatic heterocycles. The molecule has 162 valence electrons. The van der Waals surface area contributed by atoms with Gasteiger partial charge < -0.3 is 20.3 Å². The average Bonchev–Trinajstić information content (AvgIpc) is 3.08. The number of amides is 1. The van der Waals surface area contributed by atoms with Crippen LogP contribution < -0.4 is 10.6 Å². The summed E-state index contributed by atoms with van der Waals surface area (Å²) in [6.45, 7) is 9.59. The topological polar surface area (TPSA) is 100 Å². The van der Waals surface area contributed by atoms with E-state index in [1.54, 1.807) is 30.3 Å². The van der Waals surface area contributed by atoms with Crippen LogP contribution in [0.2, 0.25) is 0 Å². The van der Waals surface area contributed by atoms with Crippen LogP contribution in [0.25, 0.3) is 0 Å². The van der Waals surface area contributed by atoms with Crippen LogP contribution in [0.4, 0.5) is 4.79 Å². The van der Waals surface area contributed by atoms with Gasteiger partial charge in [0.25, 0.3) is 0 Å². The predicted molar refractivity (Wildman–Crippen MR) is 114 cm³/mol. The molecule has 0 aliphatic carbocycles. The normalized spacial score (nSPS) is 17.9. The van der Waals surface area contributed by atoms with E-state index >= 15 is 0 Å². The first-order valence-electron chi connectivity index (χ1n) is 9.91. The second-order valence-corrected chi connectivity index (χ2v) is 10.1. The summed E-state index contributed by atoms with van der Waals surface area (Å²) in [6.07, 6.45) is 0.339. The van der Waals surface area contributed by atoms with E-state index in [2.05, 4.69) is 15.6 Å². The van der Waals surface area contributed by atoms with E-state index in [-0.39, 0.29) is 18.3 Å². The van der Waals surface area contributed by atoms with E-state index in [4.69, 9.17) is 4.74 Å². The molecular weight excluding hydrogens is 392 g/mol. The van der Waals surface area contributed by atoms with Crippen LogP contribution in [0.1, 0.15) is 34.1 Å². The number of guanidine groups is 1. The number of alkyl carbamates (subject to hydrolysis) is 1. The van der Waals surface area contributed by atoms with Crippen molar-refractivity contribution in [1.29, 1.82) is 0 Å². The number of ether oxygens (including phenoxy) is 1. The molecule has 9 heteroatoms. The Kier molecular flexibility index (Phi) is 7.89. The number of aliphatic imine (C=N–C) groups is 1. The molecule has 0 radical (unpaired) electrons. The summed E-state index contributed by atoms with van der Waals surface area (Å²) in [6, 6.07) is 8.36. The molecule has 1 amide bonds. The van der Waals surface area contributed by atoms with Gasteiger partial charge in [0.05, 0.1) is 23.2 Å². The first kappa shape index (κ1) is 23.0. The summed E-state index contributed by atoms with van der Waals surface area (Å²) in [4.78, 5) is 18.8. The molecule has 1 unspecified atom stereocenters. The molecular formula is C20H32N4O4S. The van der Waals surface area contributed by atoms with Crippen LogP contribution >= 0.6 is 0 Å². The number of sulfone groups is 1. The van der Waals surface area contributed by atoms with E-state index in [1.807, 2.05) is 32.6 Å². The highest BCUT2D eigenvalue weighted by molar-refractivity contribution is 7.91. The Balaban J connectivity index is 1.93. The zero-order valence-electron chi connectivity index (χ0n) is 17.6. The van der Waals surface area contributed by atoms with Crippen molar-refractivity contribution in [3.05, 3.63) is 30.3 Å². The van der Waals surface area contributed by atoms with Crippen molar-refractivity contribution in [2.24, 2.45) is 4.99 Å². The summed E-state index contributed by atoms with van der Waals surface area (Å²) in [5.74, 6) is 0.600. The number of nitrogens with one attached hydrogen (secondary N) is 2. The molecule has 29 heavy (non-hydrogen) atoms. The van der Waals surface area contributed by atoms with Gasteiger partial charge in [0.1, 0.15) is 5.60 Å². The number of rotatable bonds is 6. The van der Waals surface area contributed by atoms with Crippen molar-refractivity contribution in [2.45, 2.75) is 50.7 Å². The number of carbonyl (C=O) groups is 1. The largest absolute Gasteiger partial charge is 0.444 e. The van der Waals surface area contributed by atoms with Crippen molar-refractivity contribution < 1.29 is 17.9 Å². The molecule has 8 nitrogen and oxygen atoms in total. The fourth-order valence-corrected chi connectivity index (χ4v) is 4.13. The molecule has 1 aromatic carbocycles. The van der Waals surface area contributed by atoms with Gasteiger partial charge in [0.15, 0.2) is 15.8 Å². The fourth-order valence-electron chi connectivity index (χ4n) is 2.99. The number of benzene rings is 1. The number of likely N-dealkylation sites (tertiary alicyclic amines) is 1. The van der Waals surface area contributed by atoms with Gasteiger partial charge in [-0.05, 0) is 46.2 Å². The van der Waals surface area contributed by atoms with Crippen LogP contribution in [-0.4, -0.2) is 68.9 Å². The number of carbonyl (C=O) groups excluding carboxylic acids is 1.